The van der Waals surface area contributed by atoms with Gasteiger partial charge in [0.05, 0.1) is 51.9 Å². The number of nitrogens with one attached hydrogen (secondary N) is 1. The van der Waals surface area contributed by atoms with Crippen molar-refractivity contribution in [1.82, 2.24) is 48.3 Å². The summed E-state index contributed by atoms with van der Waals surface area (Å²) < 4.78 is 56.8. The molecule has 0 unspecified atom stereocenters. The van der Waals surface area contributed by atoms with E-state index in [0.29, 0.717) is 76.8 Å². The van der Waals surface area contributed by atoms with Crippen molar-refractivity contribution < 1.29 is 27.6 Å². The van der Waals surface area contributed by atoms with Crippen molar-refractivity contribution in [3.8, 4) is 17.2 Å². The number of amides is 1. The summed E-state index contributed by atoms with van der Waals surface area (Å²) in [4.78, 5) is 48.4. The molecule has 8 aromatic rings. The van der Waals surface area contributed by atoms with Crippen molar-refractivity contribution in [3.63, 3.8) is 0 Å². The van der Waals surface area contributed by atoms with E-state index in [4.69, 9.17) is 19.1 Å². The molecule has 3 fully saturated rings. The maximum atomic E-state index is 16.3. The van der Waals surface area contributed by atoms with Crippen molar-refractivity contribution >= 4 is 27.7 Å². The molecule has 1 spiro atoms. The molecule has 362 valence electrons. The molecule has 16 nitrogen and oxygen atoms in total. The van der Waals surface area contributed by atoms with Crippen LogP contribution in [-0.4, -0.2) is 86.2 Å². The van der Waals surface area contributed by atoms with Crippen LogP contribution in [0.4, 0.5) is 8.78 Å². The Morgan fingerprint density at radius 1 is 0.929 bits per heavy atom. The molecule has 7 heterocycles. The van der Waals surface area contributed by atoms with Gasteiger partial charge in [-0.1, -0.05) is 18.1 Å². The van der Waals surface area contributed by atoms with Crippen LogP contribution in [0.1, 0.15) is 116 Å². The lowest BCUT2D eigenvalue weighted by Crippen LogP contribution is -2.58. The highest BCUT2D eigenvalue weighted by molar-refractivity contribution is 6.00. The number of benzene rings is 3. The summed E-state index contributed by atoms with van der Waals surface area (Å²) in [7, 11) is 3.39. The molecule has 4 atom stereocenters. The molecule has 70 heavy (non-hydrogen) atoms. The molecule has 1 saturated heterocycles. The SMILES string of the molecule is COC1CC2(C1)CN(C(=O)c1cc3cc([C@H]4CCOC(C)(C)C4)ccc3n1[C@@]1(c3noc(=O)[nH]3)C[C@@H]1C)[C@@H](C)c1c2nn(-c2cc(C)c(F)c(C)c2)c1-n1ccn(-c2ccc3c(cnn3C)c2F)c1=O. The van der Waals surface area contributed by atoms with Crippen LogP contribution in [0.3, 0.4) is 0 Å². The van der Waals surface area contributed by atoms with Crippen LogP contribution in [0.5, 0.6) is 0 Å². The fourth-order valence-electron chi connectivity index (χ4n) is 12.3. The lowest BCUT2D eigenvalue weighted by atomic mass is 9.61. The van der Waals surface area contributed by atoms with Crippen LogP contribution in [-0.2, 0) is 27.5 Å². The van der Waals surface area contributed by atoms with Crippen LogP contribution in [0.15, 0.2) is 81.2 Å². The van der Waals surface area contributed by atoms with Gasteiger partial charge in [-0.3, -0.25) is 28.1 Å². The van der Waals surface area contributed by atoms with Crippen LogP contribution >= 0.6 is 0 Å². The Kier molecular flexibility index (Phi) is 9.68. The van der Waals surface area contributed by atoms with Crippen LogP contribution in [0.25, 0.3) is 39.0 Å². The Bertz CT molecular complexity index is 3580. The topological polar surface area (TPSA) is 165 Å². The van der Waals surface area contributed by atoms with Gasteiger partial charge in [-0.05, 0) is 138 Å². The van der Waals surface area contributed by atoms with Crippen molar-refractivity contribution in [2.45, 2.75) is 108 Å². The largest absolute Gasteiger partial charge is 0.438 e. The second-order valence-electron chi connectivity index (χ2n) is 20.9. The minimum absolute atomic E-state index is 0.0238. The number of H-pyrrole nitrogens is 1. The first kappa shape index (κ1) is 44.3. The van der Waals surface area contributed by atoms with Crippen molar-refractivity contribution in [3.05, 3.63) is 139 Å². The molecule has 18 heteroatoms. The summed E-state index contributed by atoms with van der Waals surface area (Å²) in [5.74, 6) is -0.996. The highest BCUT2D eigenvalue weighted by Crippen LogP contribution is 2.57. The van der Waals surface area contributed by atoms with E-state index < -0.39 is 34.3 Å². The number of fused-ring (bicyclic) bond motifs is 4. The number of carbonyl (C=O) groups is 1. The fourth-order valence-corrected chi connectivity index (χ4v) is 12.3. The van der Waals surface area contributed by atoms with Crippen molar-refractivity contribution in [1.29, 1.82) is 0 Å². The number of imidazole rings is 1. The monoisotopic (exact) mass is 952 g/mol. The average molecular weight is 953 g/mol. The second-order valence-corrected chi connectivity index (χ2v) is 20.9. The van der Waals surface area contributed by atoms with Gasteiger partial charge in [-0.2, -0.15) is 10.2 Å². The van der Waals surface area contributed by atoms with Gasteiger partial charge in [-0.25, -0.2) is 23.1 Å². The van der Waals surface area contributed by atoms with Gasteiger partial charge < -0.3 is 18.9 Å². The average Bonchev–Trinajstić information content (AvgIpc) is 3.96. The van der Waals surface area contributed by atoms with Crippen LogP contribution in [0.2, 0.25) is 0 Å². The lowest BCUT2D eigenvalue weighted by molar-refractivity contribution is -0.0592. The first-order valence-electron chi connectivity index (χ1n) is 23.9. The molecule has 1 N–H and O–H groups in total. The van der Waals surface area contributed by atoms with E-state index in [1.54, 1.807) is 67.8 Å². The molecule has 2 aliphatic carbocycles. The summed E-state index contributed by atoms with van der Waals surface area (Å²) in [5.41, 5.74) is 3.14. The Labute approximate surface area is 400 Å². The Balaban J connectivity index is 1.06. The number of nitrogens with zero attached hydrogens (tertiary/aromatic N) is 9. The molecule has 1 amide bonds. The standard InChI is InChI=1S/C52H54F2N10O6/c1-27-17-34(18-28(2)42(27)53)64-45(61-15-14-60(49(61)67)39-12-11-38-36(43(39)54)25-55-59(38)7)41-30(4)62(26-51(44(41)57-64)23-35(24-51)68-8)46(65)40-20-33-19-31(32-13-16-69-50(5,6)22-32)9-10-37(33)63(40)52(21-29(52)3)47-56-48(66)70-58-47/h9-12,14-15,17-20,25,29-30,32,35H,13,16,21-24,26H2,1-8H3,(H,56,58,66)/t29-,30-,32-,35?,51?,52-/m0/s1. The quantitative estimate of drug-likeness (QED) is 0.159. The van der Waals surface area contributed by atoms with E-state index in [1.165, 1.54) is 21.5 Å². The van der Waals surface area contributed by atoms with E-state index in [0.717, 1.165) is 29.3 Å². The van der Waals surface area contributed by atoms with Gasteiger partial charge in [0.15, 0.2) is 11.6 Å². The fraction of sp³-hybridized carbons (Fsp3) is 0.423. The summed E-state index contributed by atoms with van der Waals surface area (Å²) in [6.07, 6.45) is 7.78. The van der Waals surface area contributed by atoms with E-state index in [1.807, 2.05) is 22.5 Å². The maximum absolute atomic E-state index is 16.3. The highest BCUT2D eigenvalue weighted by atomic mass is 19.1. The Hall–Kier alpha value is -6.92. The number of hydrogen-bond acceptors (Lipinski definition) is 9. The van der Waals surface area contributed by atoms with Crippen LogP contribution in [0, 0.1) is 31.4 Å². The number of methoxy groups -OCH3 is 1. The summed E-state index contributed by atoms with van der Waals surface area (Å²) in [6.45, 7) is 12.5. The number of ether oxygens (including phenoxy) is 2. The smallest absolute Gasteiger partial charge is 0.381 e. The lowest BCUT2D eigenvalue weighted by Gasteiger charge is -2.53. The van der Waals surface area contributed by atoms with Gasteiger partial charge >= 0.3 is 11.4 Å². The molecule has 2 aliphatic heterocycles. The molecule has 0 radical (unpaired) electrons. The molecular weight excluding hydrogens is 899 g/mol. The van der Waals surface area contributed by atoms with Gasteiger partial charge in [0.25, 0.3) is 5.91 Å². The number of rotatable bonds is 8. The van der Waals surface area contributed by atoms with Gasteiger partial charge in [0.2, 0.25) is 0 Å². The highest BCUT2D eigenvalue weighted by Gasteiger charge is 2.60. The van der Waals surface area contributed by atoms with Gasteiger partial charge in [-0.15, -0.1) is 0 Å². The maximum Gasteiger partial charge on any atom is 0.438 e. The molecule has 2 saturated carbocycles. The molecule has 5 aromatic heterocycles. The van der Waals surface area contributed by atoms with E-state index in [9.17, 15) is 9.59 Å². The normalized spacial score (nSPS) is 25.0. The predicted molar refractivity (Wildman–Crippen MR) is 255 cm³/mol. The van der Waals surface area contributed by atoms with E-state index in [2.05, 4.69) is 54.2 Å². The summed E-state index contributed by atoms with van der Waals surface area (Å²) >= 11 is 0. The molecule has 3 aromatic carbocycles. The first-order chi connectivity index (χ1) is 33.4. The number of hydrogen-bond donors (Lipinski definition) is 1. The number of carbonyl (C=O) groups excluding carboxylic acids is 1. The number of aromatic nitrogens is 9. The minimum Gasteiger partial charge on any atom is -0.381 e. The molecule has 12 rings (SSSR count). The molecule has 0 bridgehead atoms. The van der Waals surface area contributed by atoms with E-state index in [-0.39, 0.29) is 52.9 Å². The van der Waals surface area contributed by atoms with Crippen LogP contribution < -0.4 is 11.4 Å². The zero-order valence-corrected chi connectivity index (χ0v) is 40.3. The number of aromatic amines is 1. The minimum atomic E-state index is -0.890. The van der Waals surface area contributed by atoms with Crippen molar-refractivity contribution in [2.24, 2.45) is 13.0 Å². The summed E-state index contributed by atoms with van der Waals surface area (Å²) in [6, 6.07) is 14.3. The zero-order valence-electron chi connectivity index (χ0n) is 40.3. The van der Waals surface area contributed by atoms with Gasteiger partial charge in [0.1, 0.15) is 22.9 Å². The zero-order chi connectivity index (χ0) is 48.9. The molecule has 4 aliphatic rings. The Morgan fingerprint density at radius 3 is 2.34 bits per heavy atom. The number of aryl methyl sites for hydroxylation is 3. The van der Waals surface area contributed by atoms with Gasteiger partial charge in [0, 0.05) is 61.6 Å². The third kappa shape index (κ3) is 6.37. The number of halogens is 2. The third-order valence-corrected chi connectivity index (χ3v) is 16.1. The second kappa shape index (κ2) is 15.3. The van der Waals surface area contributed by atoms with E-state index >= 15 is 13.6 Å². The first-order valence-corrected chi connectivity index (χ1v) is 23.9. The predicted octanol–water partition coefficient (Wildman–Crippen LogP) is 7.95. The summed E-state index contributed by atoms with van der Waals surface area (Å²) in [5, 5.41) is 14.9. The van der Waals surface area contributed by atoms with Crippen molar-refractivity contribution in [2.75, 3.05) is 20.3 Å². The Morgan fingerprint density at radius 2 is 1.66 bits per heavy atom. The third-order valence-electron chi connectivity index (χ3n) is 16.1. The molecular formula is C52H54F2N10O6.